The standard InChI is InChI=1S/C33H41N4OS/c1-36(2)31-18-17-28(20-34-31)24-13-11-23(12-14-24)22-37(33(38)26-7-4-3-5-8-26)29-10-6-9-27(19-29)30-21-35-32(39-30)25-15-16-25/h3,6,9-10,17-21,23-26H,4-5,7-8,11-16,22H2,1-2H3/t23-,24-. The largest absolute Gasteiger partial charge is 0.363 e. The summed E-state index contributed by atoms with van der Waals surface area (Å²) in [6.07, 6.45) is 17.7. The van der Waals surface area contributed by atoms with Crippen molar-refractivity contribution in [2.45, 2.75) is 76.0 Å². The predicted octanol–water partition coefficient (Wildman–Crippen LogP) is 7.85. The van der Waals surface area contributed by atoms with E-state index in [-0.39, 0.29) is 5.92 Å². The van der Waals surface area contributed by atoms with Gasteiger partial charge in [0, 0.05) is 50.6 Å². The van der Waals surface area contributed by atoms with Crippen molar-refractivity contribution in [2.75, 3.05) is 30.4 Å². The lowest BCUT2D eigenvalue weighted by atomic mass is 9.78. The van der Waals surface area contributed by atoms with Gasteiger partial charge in [0.2, 0.25) is 5.91 Å². The van der Waals surface area contributed by atoms with Crippen LogP contribution in [0.15, 0.2) is 48.8 Å². The van der Waals surface area contributed by atoms with Gasteiger partial charge < -0.3 is 9.80 Å². The van der Waals surface area contributed by atoms with E-state index in [0.29, 0.717) is 23.7 Å². The molecule has 3 saturated carbocycles. The van der Waals surface area contributed by atoms with E-state index in [0.717, 1.165) is 56.6 Å². The van der Waals surface area contributed by atoms with Crippen LogP contribution in [-0.4, -0.2) is 36.5 Å². The maximum absolute atomic E-state index is 14.0. The molecule has 39 heavy (non-hydrogen) atoms. The third-order valence-electron chi connectivity index (χ3n) is 8.93. The Bertz CT molecular complexity index is 1250. The summed E-state index contributed by atoms with van der Waals surface area (Å²) in [4.78, 5) is 28.8. The molecule has 2 heterocycles. The molecule has 1 radical (unpaired) electrons. The van der Waals surface area contributed by atoms with Crippen LogP contribution in [0.1, 0.15) is 86.6 Å². The number of amides is 1. The van der Waals surface area contributed by atoms with E-state index in [1.165, 1.54) is 46.7 Å². The van der Waals surface area contributed by atoms with Crippen molar-refractivity contribution in [3.8, 4) is 10.4 Å². The minimum atomic E-state index is 0.140. The maximum Gasteiger partial charge on any atom is 0.230 e. The van der Waals surface area contributed by atoms with Gasteiger partial charge in [-0.25, -0.2) is 9.97 Å². The number of pyridine rings is 1. The molecule has 0 saturated heterocycles. The summed E-state index contributed by atoms with van der Waals surface area (Å²) in [5.41, 5.74) is 3.59. The van der Waals surface area contributed by atoms with E-state index < -0.39 is 0 Å². The highest BCUT2D eigenvalue weighted by atomic mass is 32.1. The van der Waals surface area contributed by atoms with E-state index in [1.54, 1.807) is 0 Å². The highest BCUT2D eigenvalue weighted by Crippen LogP contribution is 2.44. The quantitative estimate of drug-likeness (QED) is 0.291. The molecule has 3 aromatic rings. The second-order valence-corrected chi connectivity index (χ2v) is 13.1. The summed E-state index contributed by atoms with van der Waals surface area (Å²) in [6, 6.07) is 13.1. The van der Waals surface area contributed by atoms with Gasteiger partial charge in [-0.3, -0.25) is 4.79 Å². The Morgan fingerprint density at radius 3 is 2.36 bits per heavy atom. The number of aromatic nitrogens is 2. The average molecular weight is 542 g/mol. The first-order valence-corrected chi connectivity index (χ1v) is 15.7. The van der Waals surface area contributed by atoms with Crippen LogP contribution in [0.4, 0.5) is 11.5 Å². The van der Waals surface area contributed by atoms with Gasteiger partial charge in [0.25, 0.3) is 0 Å². The van der Waals surface area contributed by atoms with Crippen LogP contribution in [0, 0.1) is 18.3 Å². The Kier molecular flexibility index (Phi) is 8.01. The number of hydrogen-bond donors (Lipinski definition) is 0. The van der Waals surface area contributed by atoms with Crippen LogP contribution in [0.2, 0.25) is 0 Å². The van der Waals surface area contributed by atoms with Crippen molar-refractivity contribution in [3.63, 3.8) is 0 Å². The number of carbonyl (C=O) groups excluding carboxylic acids is 1. The van der Waals surface area contributed by atoms with Gasteiger partial charge in [-0.05, 0) is 112 Å². The number of benzene rings is 1. The monoisotopic (exact) mass is 541 g/mol. The summed E-state index contributed by atoms with van der Waals surface area (Å²) < 4.78 is 0. The van der Waals surface area contributed by atoms with Crippen LogP contribution in [0.25, 0.3) is 10.4 Å². The molecule has 0 aliphatic heterocycles. The molecule has 0 unspecified atom stereocenters. The predicted molar refractivity (Wildman–Crippen MR) is 161 cm³/mol. The molecule has 1 aromatic carbocycles. The second-order valence-electron chi connectivity index (χ2n) is 12.0. The maximum atomic E-state index is 14.0. The molecule has 1 amide bonds. The van der Waals surface area contributed by atoms with Crippen LogP contribution >= 0.6 is 11.3 Å². The molecule has 3 fully saturated rings. The topological polar surface area (TPSA) is 49.3 Å². The molecule has 3 aliphatic rings. The Hall–Kier alpha value is -2.73. The Morgan fingerprint density at radius 2 is 1.67 bits per heavy atom. The van der Waals surface area contributed by atoms with E-state index in [4.69, 9.17) is 4.98 Å². The van der Waals surface area contributed by atoms with Crippen LogP contribution < -0.4 is 9.80 Å². The summed E-state index contributed by atoms with van der Waals surface area (Å²) in [5, 5.41) is 1.27. The fourth-order valence-electron chi connectivity index (χ4n) is 6.32. The highest BCUT2D eigenvalue weighted by molar-refractivity contribution is 7.15. The van der Waals surface area contributed by atoms with E-state index in [2.05, 4.69) is 58.9 Å². The number of anilines is 2. The fourth-order valence-corrected chi connectivity index (χ4v) is 7.41. The van der Waals surface area contributed by atoms with Gasteiger partial charge in [-0.1, -0.05) is 18.2 Å². The fraction of sp³-hybridized carbons (Fsp3) is 0.515. The van der Waals surface area contributed by atoms with Crippen molar-refractivity contribution in [2.24, 2.45) is 11.8 Å². The molecule has 205 valence electrons. The number of thiazole rings is 1. The molecule has 0 atom stereocenters. The second kappa shape index (κ2) is 11.8. The highest BCUT2D eigenvalue weighted by Gasteiger charge is 2.31. The summed E-state index contributed by atoms with van der Waals surface area (Å²) in [6.45, 7) is 0.822. The molecule has 3 aliphatic carbocycles. The van der Waals surface area contributed by atoms with Crippen molar-refractivity contribution in [1.29, 1.82) is 0 Å². The van der Waals surface area contributed by atoms with Crippen molar-refractivity contribution in [3.05, 3.63) is 65.8 Å². The third-order valence-corrected chi connectivity index (χ3v) is 10.1. The van der Waals surface area contributed by atoms with Gasteiger partial charge >= 0.3 is 0 Å². The van der Waals surface area contributed by atoms with Crippen LogP contribution in [0.3, 0.4) is 0 Å². The Labute approximate surface area is 237 Å². The van der Waals surface area contributed by atoms with E-state index in [9.17, 15) is 4.79 Å². The summed E-state index contributed by atoms with van der Waals surface area (Å²) in [5.74, 6) is 3.24. The molecule has 0 bridgehead atoms. The minimum absolute atomic E-state index is 0.140. The number of rotatable bonds is 8. The van der Waals surface area contributed by atoms with Crippen LogP contribution in [-0.2, 0) is 4.79 Å². The van der Waals surface area contributed by atoms with E-state index in [1.807, 2.05) is 36.5 Å². The zero-order chi connectivity index (χ0) is 26.8. The first-order chi connectivity index (χ1) is 19.0. The molecule has 6 rings (SSSR count). The Balaban J connectivity index is 1.18. The minimum Gasteiger partial charge on any atom is -0.363 e. The SMILES string of the molecule is CN(C)c1ccc([C@H]2CC[C@H](CN(C(=O)C3CC[CH]CC3)c3cccc(-c4cnc(C5CC5)s4)c3)CC2)cn1. The molecule has 0 spiro atoms. The average Bonchev–Trinajstić information content (AvgIpc) is 3.72. The van der Waals surface area contributed by atoms with Crippen LogP contribution in [0.5, 0.6) is 0 Å². The van der Waals surface area contributed by atoms with Crippen molar-refractivity contribution in [1.82, 2.24) is 9.97 Å². The molecule has 2 aromatic heterocycles. The summed E-state index contributed by atoms with van der Waals surface area (Å²) >= 11 is 1.82. The zero-order valence-electron chi connectivity index (χ0n) is 23.4. The van der Waals surface area contributed by atoms with Crippen molar-refractivity contribution >= 4 is 28.7 Å². The number of hydrogen-bond acceptors (Lipinski definition) is 5. The smallest absolute Gasteiger partial charge is 0.230 e. The lowest BCUT2D eigenvalue weighted by Gasteiger charge is -2.35. The number of nitrogens with zero attached hydrogens (tertiary/aromatic N) is 4. The molecular formula is C33H41N4OS. The zero-order valence-corrected chi connectivity index (χ0v) is 24.2. The van der Waals surface area contributed by atoms with Gasteiger partial charge in [0.05, 0.1) is 9.88 Å². The third kappa shape index (κ3) is 6.21. The first-order valence-electron chi connectivity index (χ1n) is 14.9. The first kappa shape index (κ1) is 26.5. The lowest BCUT2D eigenvalue weighted by molar-refractivity contribution is -0.123. The summed E-state index contributed by atoms with van der Waals surface area (Å²) in [7, 11) is 4.06. The Morgan fingerprint density at radius 1 is 0.897 bits per heavy atom. The molecule has 6 heteroatoms. The van der Waals surface area contributed by atoms with Gasteiger partial charge in [0.1, 0.15) is 5.82 Å². The van der Waals surface area contributed by atoms with Gasteiger partial charge in [-0.2, -0.15) is 0 Å². The lowest BCUT2D eigenvalue weighted by Crippen LogP contribution is -2.41. The van der Waals surface area contributed by atoms with Gasteiger partial charge in [-0.15, -0.1) is 11.3 Å². The number of carbonyl (C=O) groups is 1. The van der Waals surface area contributed by atoms with Crippen molar-refractivity contribution < 1.29 is 4.79 Å². The molecular weight excluding hydrogens is 500 g/mol. The molecule has 0 N–H and O–H groups in total. The normalized spacial score (nSPS) is 22.0. The van der Waals surface area contributed by atoms with E-state index >= 15 is 0 Å². The van der Waals surface area contributed by atoms with Gasteiger partial charge in [0.15, 0.2) is 0 Å². The molecule has 5 nitrogen and oxygen atoms in total.